The minimum atomic E-state index is -4.82. The lowest BCUT2D eigenvalue weighted by Crippen LogP contribution is -2.44. The van der Waals surface area contributed by atoms with Gasteiger partial charge in [-0.25, -0.2) is 9.97 Å². The van der Waals surface area contributed by atoms with E-state index in [4.69, 9.17) is 16.3 Å². The number of rotatable bonds is 4. The van der Waals surface area contributed by atoms with E-state index in [1.807, 2.05) is 0 Å². The fourth-order valence-electron chi connectivity index (χ4n) is 2.74. The lowest BCUT2D eigenvalue weighted by Gasteiger charge is -2.32. The van der Waals surface area contributed by atoms with E-state index in [0.29, 0.717) is 24.4 Å². The van der Waals surface area contributed by atoms with Crippen LogP contribution in [-0.2, 0) is 0 Å². The van der Waals surface area contributed by atoms with Gasteiger partial charge in [-0.05, 0) is 31.0 Å². The van der Waals surface area contributed by atoms with E-state index in [2.05, 4.69) is 14.7 Å². The molecule has 3 rings (SSSR count). The summed E-state index contributed by atoms with van der Waals surface area (Å²) in [4.78, 5) is 22.1. The number of halogens is 4. The number of carbonyl (C=O) groups excluding carboxylic acids is 1. The van der Waals surface area contributed by atoms with Crippen molar-refractivity contribution >= 4 is 17.5 Å². The average Bonchev–Trinajstić information content (AvgIpc) is 2.62. The van der Waals surface area contributed by atoms with Gasteiger partial charge in [0.25, 0.3) is 5.91 Å². The fraction of sp³-hybridized carbons (Fsp3) is 0.353. The molecule has 27 heavy (non-hydrogen) atoms. The van der Waals surface area contributed by atoms with Gasteiger partial charge in [-0.3, -0.25) is 4.79 Å². The van der Waals surface area contributed by atoms with Crippen molar-refractivity contribution in [2.75, 3.05) is 13.1 Å². The molecule has 10 heteroatoms. The Morgan fingerprint density at radius 3 is 2.70 bits per heavy atom. The maximum Gasteiger partial charge on any atom is 0.573 e. The first-order chi connectivity index (χ1) is 12.8. The van der Waals surface area contributed by atoms with E-state index in [9.17, 15) is 18.0 Å². The molecule has 1 atom stereocenters. The summed E-state index contributed by atoms with van der Waals surface area (Å²) in [5.41, 5.74) is 0.111. The first-order valence-corrected chi connectivity index (χ1v) is 8.47. The van der Waals surface area contributed by atoms with Gasteiger partial charge in [-0.2, -0.15) is 0 Å². The third-order valence-corrected chi connectivity index (χ3v) is 4.04. The highest BCUT2D eigenvalue weighted by Gasteiger charge is 2.32. The zero-order valence-corrected chi connectivity index (χ0v) is 14.7. The second-order valence-electron chi connectivity index (χ2n) is 5.89. The van der Waals surface area contributed by atoms with Crippen LogP contribution in [0.3, 0.4) is 0 Å². The molecule has 1 amide bonds. The highest BCUT2D eigenvalue weighted by molar-refractivity contribution is 6.30. The second-order valence-corrected chi connectivity index (χ2v) is 6.33. The first-order valence-electron chi connectivity index (χ1n) is 8.09. The van der Waals surface area contributed by atoms with Gasteiger partial charge < -0.3 is 14.4 Å². The Balaban J connectivity index is 1.66. The van der Waals surface area contributed by atoms with Gasteiger partial charge in [0.15, 0.2) is 0 Å². The number of likely N-dealkylation sites (tertiary alicyclic amines) is 1. The number of amides is 1. The maximum atomic E-state index is 12.6. The van der Waals surface area contributed by atoms with Crippen LogP contribution in [0.2, 0.25) is 5.02 Å². The molecule has 1 aromatic carbocycles. The predicted octanol–water partition coefficient (Wildman–Crippen LogP) is 3.71. The van der Waals surface area contributed by atoms with E-state index in [-0.39, 0.29) is 24.2 Å². The summed E-state index contributed by atoms with van der Waals surface area (Å²) < 4.78 is 46.6. The van der Waals surface area contributed by atoms with Crippen LogP contribution < -0.4 is 9.47 Å². The summed E-state index contributed by atoms with van der Waals surface area (Å²) in [6.07, 6.45) is -0.942. The van der Waals surface area contributed by atoms with Crippen LogP contribution in [0.15, 0.2) is 36.7 Å². The van der Waals surface area contributed by atoms with Crippen LogP contribution in [0.5, 0.6) is 11.8 Å². The van der Waals surface area contributed by atoms with E-state index >= 15 is 0 Å². The fourth-order valence-corrected chi connectivity index (χ4v) is 2.84. The summed E-state index contributed by atoms with van der Waals surface area (Å²) in [6.45, 7) is 0.750. The molecule has 1 aromatic heterocycles. The second kappa shape index (κ2) is 7.99. The van der Waals surface area contributed by atoms with E-state index < -0.39 is 18.0 Å². The Bertz CT molecular complexity index is 802. The summed E-state index contributed by atoms with van der Waals surface area (Å²) in [5.74, 6) is -0.833. The van der Waals surface area contributed by atoms with E-state index in [0.717, 1.165) is 12.1 Å². The molecule has 2 heterocycles. The van der Waals surface area contributed by atoms with Crippen molar-refractivity contribution in [3.8, 4) is 11.8 Å². The van der Waals surface area contributed by atoms with Gasteiger partial charge in [-0.15, -0.1) is 13.2 Å². The molecule has 144 valence electrons. The molecule has 1 aliphatic heterocycles. The maximum absolute atomic E-state index is 12.6. The molecule has 2 aromatic rings. The number of hydrogen-bond acceptors (Lipinski definition) is 5. The Kier molecular flexibility index (Phi) is 5.69. The largest absolute Gasteiger partial charge is 0.573 e. The molecule has 0 bridgehead atoms. The molecular weight excluding hydrogens is 387 g/mol. The molecule has 0 spiro atoms. The molecule has 6 nitrogen and oxygen atoms in total. The van der Waals surface area contributed by atoms with Crippen molar-refractivity contribution in [3.63, 3.8) is 0 Å². The summed E-state index contributed by atoms with van der Waals surface area (Å²) in [7, 11) is 0. The van der Waals surface area contributed by atoms with Gasteiger partial charge in [0.1, 0.15) is 11.9 Å². The molecule has 1 saturated heterocycles. The molecule has 1 fully saturated rings. The minimum Gasteiger partial charge on any atom is -0.458 e. The summed E-state index contributed by atoms with van der Waals surface area (Å²) >= 11 is 5.73. The molecule has 0 aliphatic carbocycles. The van der Waals surface area contributed by atoms with Crippen molar-refractivity contribution in [2.24, 2.45) is 0 Å². The number of nitrogens with zero attached hydrogens (tertiary/aromatic N) is 3. The highest BCUT2D eigenvalue weighted by Crippen LogP contribution is 2.25. The Hall–Kier alpha value is -2.55. The predicted molar refractivity (Wildman–Crippen MR) is 89.7 cm³/mol. The lowest BCUT2D eigenvalue weighted by atomic mass is 10.1. The quantitative estimate of drug-likeness (QED) is 0.781. The van der Waals surface area contributed by atoms with Crippen molar-refractivity contribution in [1.29, 1.82) is 0 Å². The molecule has 1 unspecified atom stereocenters. The van der Waals surface area contributed by atoms with Gasteiger partial charge in [0.05, 0.1) is 24.0 Å². The topological polar surface area (TPSA) is 64.5 Å². The molecule has 0 saturated carbocycles. The summed E-state index contributed by atoms with van der Waals surface area (Å²) in [6, 6.07) is 5.15. The van der Waals surface area contributed by atoms with Crippen LogP contribution in [0.1, 0.15) is 23.2 Å². The third-order valence-electron chi connectivity index (χ3n) is 3.85. The number of piperidine rings is 1. The smallest absolute Gasteiger partial charge is 0.458 e. The minimum absolute atomic E-state index is 0.111. The van der Waals surface area contributed by atoms with Crippen LogP contribution in [0.4, 0.5) is 13.2 Å². The van der Waals surface area contributed by atoms with Gasteiger partial charge in [-0.1, -0.05) is 17.7 Å². The number of benzene rings is 1. The van der Waals surface area contributed by atoms with Crippen LogP contribution in [0, 0.1) is 0 Å². The molecular formula is C17H15ClF3N3O3. The van der Waals surface area contributed by atoms with Gasteiger partial charge in [0, 0.05) is 12.1 Å². The number of carbonyl (C=O) groups is 1. The standard InChI is InChI=1S/C17H15ClF3N3O3/c18-12-8-22-16(23-9-12)26-14-5-2-6-24(10-14)15(25)11-3-1-4-13(7-11)27-17(19,20)21/h1,3-4,7-9,14H,2,5-6,10H2. The average molecular weight is 402 g/mol. The number of alkyl halides is 3. The zero-order chi connectivity index (χ0) is 19.4. The van der Waals surface area contributed by atoms with Crippen molar-refractivity contribution in [1.82, 2.24) is 14.9 Å². The Morgan fingerprint density at radius 1 is 1.26 bits per heavy atom. The first kappa shape index (κ1) is 19.2. The van der Waals surface area contributed by atoms with Crippen molar-refractivity contribution < 1.29 is 27.4 Å². The number of ether oxygens (including phenoxy) is 2. The van der Waals surface area contributed by atoms with Gasteiger partial charge in [0.2, 0.25) is 0 Å². The summed E-state index contributed by atoms with van der Waals surface area (Å²) in [5, 5.41) is 0.378. The normalized spacial score (nSPS) is 17.5. The molecule has 1 aliphatic rings. The van der Waals surface area contributed by atoms with Crippen LogP contribution in [-0.4, -0.2) is 46.3 Å². The SMILES string of the molecule is O=C(c1cccc(OC(F)(F)F)c1)N1CCCC(Oc2ncc(Cl)cn2)C1. The Labute approximate surface area is 157 Å². The number of hydrogen-bond donors (Lipinski definition) is 0. The molecule has 0 N–H and O–H groups in total. The van der Waals surface area contributed by atoms with Crippen molar-refractivity contribution in [3.05, 3.63) is 47.2 Å². The number of aromatic nitrogens is 2. The van der Waals surface area contributed by atoms with E-state index in [1.54, 1.807) is 0 Å². The van der Waals surface area contributed by atoms with Crippen molar-refractivity contribution in [2.45, 2.75) is 25.3 Å². The van der Waals surface area contributed by atoms with Gasteiger partial charge >= 0.3 is 12.4 Å². The highest BCUT2D eigenvalue weighted by atomic mass is 35.5. The molecule has 0 radical (unpaired) electrons. The van der Waals surface area contributed by atoms with Crippen LogP contribution in [0.25, 0.3) is 0 Å². The van der Waals surface area contributed by atoms with Crippen LogP contribution >= 0.6 is 11.6 Å². The monoisotopic (exact) mass is 401 g/mol. The van der Waals surface area contributed by atoms with E-state index in [1.165, 1.54) is 29.4 Å². The Morgan fingerprint density at radius 2 is 2.00 bits per heavy atom. The zero-order valence-electron chi connectivity index (χ0n) is 13.9. The third kappa shape index (κ3) is 5.46. The lowest BCUT2D eigenvalue weighted by molar-refractivity contribution is -0.274.